The van der Waals surface area contributed by atoms with Crippen molar-refractivity contribution >= 4 is 17.7 Å². The number of hydrogen-bond donors (Lipinski definition) is 1. The Morgan fingerprint density at radius 3 is 2.30 bits per heavy atom. The summed E-state index contributed by atoms with van der Waals surface area (Å²) in [4.78, 5) is 36.4. The first kappa shape index (κ1) is 19.6. The Hall–Kier alpha value is -3.75. The van der Waals surface area contributed by atoms with Gasteiger partial charge in [-0.1, -0.05) is 0 Å². The van der Waals surface area contributed by atoms with Gasteiger partial charge in [0.25, 0.3) is 5.91 Å². The number of amides is 1. The minimum Gasteiger partial charge on any atom is -0.490 e. The van der Waals surface area contributed by atoms with E-state index in [4.69, 9.17) is 23.7 Å². The number of ketones is 1. The number of ether oxygens (including phenoxy) is 5. The second-order valence-electron chi connectivity index (χ2n) is 6.55. The summed E-state index contributed by atoms with van der Waals surface area (Å²) in [5, 5.41) is 2.44. The Bertz CT molecular complexity index is 987. The molecule has 2 aromatic carbocycles. The molecule has 0 radical (unpaired) electrons. The van der Waals surface area contributed by atoms with Crippen LogP contribution < -0.4 is 24.3 Å². The predicted molar refractivity (Wildman–Crippen MR) is 102 cm³/mol. The normalized spacial score (nSPS) is 13.9. The molecule has 0 aliphatic carbocycles. The van der Waals surface area contributed by atoms with E-state index in [9.17, 15) is 14.4 Å². The Kier molecular flexibility index (Phi) is 5.69. The summed E-state index contributed by atoms with van der Waals surface area (Å²) < 4.78 is 26.4. The van der Waals surface area contributed by atoms with Crippen LogP contribution in [0.25, 0.3) is 0 Å². The molecule has 0 bridgehead atoms. The van der Waals surface area contributed by atoms with Crippen molar-refractivity contribution in [2.45, 2.75) is 6.42 Å². The lowest BCUT2D eigenvalue weighted by molar-refractivity contribution is -0.141. The molecule has 2 aliphatic heterocycles. The summed E-state index contributed by atoms with van der Waals surface area (Å²) in [6, 6.07) is 9.51. The summed E-state index contributed by atoms with van der Waals surface area (Å²) in [5.41, 5.74) is 0.659. The van der Waals surface area contributed by atoms with E-state index in [-0.39, 0.29) is 19.1 Å². The molecule has 0 fully saturated rings. The van der Waals surface area contributed by atoms with Crippen molar-refractivity contribution in [1.82, 2.24) is 5.32 Å². The van der Waals surface area contributed by atoms with Gasteiger partial charge in [-0.2, -0.15) is 0 Å². The minimum atomic E-state index is -0.730. The van der Waals surface area contributed by atoms with Crippen molar-refractivity contribution in [3.05, 3.63) is 47.5 Å². The van der Waals surface area contributed by atoms with Gasteiger partial charge in [0.2, 0.25) is 6.79 Å². The maximum Gasteiger partial charge on any atom is 0.325 e. The molecule has 0 atom stereocenters. The molecule has 1 N–H and O–H groups in total. The van der Waals surface area contributed by atoms with Crippen LogP contribution in [-0.4, -0.2) is 50.8 Å². The molecule has 0 spiro atoms. The van der Waals surface area contributed by atoms with Gasteiger partial charge in [-0.15, -0.1) is 0 Å². The van der Waals surface area contributed by atoms with Gasteiger partial charge in [0.05, 0.1) is 13.2 Å². The molecule has 0 unspecified atom stereocenters. The Morgan fingerprint density at radius 2 is 1.47 bits per heavy atom. The maximum absolute atomic E-state index is 12.3. The molecule has 4 rings (SSSR count). The number of benzene rings is 2. The molecule has 2 aromatic rings. The Labute approximate surface area is 171 Å². The van der Waals surface area contributed by atoms with Crippen molar-refractivity contribution in [3.63, 3.8) is 0 Å². The number of esters is 1. The number of nitrogens with one attached hydrogen (secondary N) is 1. The highest BCUT2D eigenvalue weighted by Gasteiger charge is 2.18. The Balaban J connectivity index is 1.26. The first-order valence-corrected chi connectivity index (χ1v) is 9.36. The first-order valence-electron chi connectivity index (χ1n) is 9.36. The van der Waals surface area contributed by atoms with Crippen molar-refractivity contribution in [2.75, 3.05) is 33.2 Å². The molecule has 30 heavy (non-hydrogen) atoms. The zero-order valence-corrected chi connectivity index (χ0v) is 16.0. The monoisotopic (exact) mass is 413 g/mol. The number of fused-ring (bicyclic) bond motifs is 2. The van der Waals surface area contributed by atoms with Crippen molar-refractivity contribution in [2.24, 2.45) is 0 Å². The summed E-state index contributed by atoms with van der Waals surface area (Å²) in [6.45, 7) is 0.336. The van der Waals surface area contributed by atoms with Gasteiger partial charge >= 0.3 is 5.97 Å². The topological polar surface area (TPSA) is 109 Å². The first-order chi connectivity index (χ1) is 14.6. The highest BCUT2D eigenvalue weighted by atomic mass is 16.7. The second kappa shape index (κ2) is 8.73. The fourth-order valence-corrected chi connectivity index (χ4v) is 2.91. The van der Waals surface area contributed by atoms with Gasteiger partial charge in [0.15, 0.2) is 35.4 Å². The molecule has 0 saturated carbocycles. The third-order valence-electron chi connectivity index (χ3n) is 4.46. The van der Waals surface area contributed by atoms with Gasteiger partial charge in [0.1, 0.15) is 6.54 Å². The SMILES string of the molecule is O=C(CNC(=O)c1ccc2c(c1)OCO2)OCC(=O)c1ccc2c(c1)OCCCO2. The number of carbonyl (C=O) groups excluding carboxylic acids is 3. The van der Waals surface area contributed by atoms with Gasteiger partial charge in [-0.05, 0) is 36.4 Å². The van der Waals surface area contributed by atoms with Crippen molar-refractivity contribution in [3.8, 4) is 23.0 Å². The lowest BCUT2D eigenvalue weighted by Gasteiger charge is -2.09. The average Bonchev–Trinajstić information content (AvgIpc) is 3.11. The molecule has 156 valence electrons. The van der Waals surface area contributed by atoms with Crippen LogP contribution in [0.3, 0.4) is 0 Å². The smallest absolute Gasteiger partial charge is 0.325 e. The molecule has 2 heterocycles. The second-order valence-corrected chi connectivity index (χ2v) is 6.55. The van der Waals surface area contributed by atoms with Crippen molar-refractivity contribution < 1.29 is 38.1 Å². The highest BCUT2D eigenvalue weighted by molar-refractivity contribution is 5.99. The zero-order chi connectivity index (χ0) is 20.9. The van der Waals surface area contributed by atoms with Crippen molar-refractivity contribution in [1.29, 1.82) is 0 Å². The van der Waals surface area contributed by atoms with E-state index in [1.807, 2.05) is 0 Å². The molecule has 1 amide bonds. The van der Waals surface area contributed by atoms with E-state index >= 15 is 0 Å². The van der Waals surface area contributed by atoms with E-state index in [2.05, 4.69) is 5.32 Å². The predicted octanol–water partition coefficient (Wildman–Crippen LogP) is 1.73. The quantitative estimate of drug-likeness (QED) is 0.563. The van der Waals surface area contributed by atoms with Gasteiger partial charge in [0, 0.05) is 17.5 Å². The maximum atomic E-state index is 12.3. The van der Waals surface area contributed by atoms with Crippen LogP contribution in [0.15, 0.2) is 36.4 Å². The summed E-state index contributed by atoms with van der Waals surface area (Å²) in [6.07, 6.45) is 0.757. The minimum absolute atomic E-state index is 0.101. The third-order valence-corrected chi connectivity index (χ3v) is 4.46. The lowest BCUT2D eigenvalue weighted by atomic mass is 10.1. The third kappa shape index (κ3) is 4.45. The van der Waals surface area contributed by atoms with Crippen LogP contribution in [-0.2, 0) is 9.53 Å². The lowest BCUT2D eigenvalue weighted by Crippen LogP contribution is -2.31. The van der Waals surface area contributed by atoms with Crippen LogP contribution in [0.5, 0.6) is 23.0 Å². The molecular weight excluding hydrogens is 394 g/mol. The highest BCUT2D eigenvalue weighted by Crippen LogP contribution is 2.32. The van der Waals surface area contributed by atoms with E-state index in [1.54, 1.807) is 30.3 Å². The van der Waals surface area contributed by atoms with E-state index in [0.717, 1.165) is 6.42 Å². The van der Waals surface area contributed by atoms with Gasteiger partial charge in [-0.3, -0.25) is 14.4 Å². The van der Waals surface area contributed by atoms with Crippen LogP contribution in [0.2, 0.25) is 0 Å². The Morgan fingerprint density at radius 1 is 0.833 bits per heavy atom. The van der Waals surface area contributed by atoms with Crippen LogP contribution in [0.4, 0.5) is 0 Å². The largest absolute Gasteiger partial charge is 0.490 e. The molecule has 0 saturated heterocycles. The number of Topliss-reactive ketones (excluding diaryl/α,β-unsaturated/α-hetero) is 1. The van der Waals surface area contributed by atoms with Gasteiger partial charge < -0.3 is 29.0 Å². The molecule has 9 heteroatoms. The van der Waals surface area contributed by atoms with E-state index < -0.39 is 18.5 Å². The average molecular weight is 413 g/mol. The number of hydrogen-bond acceptors (Lipinski definition) is 8. The molecule has 9 nitrogen and oxygen atoms in total. The van der Waals surface area contributed by atoms with Crippen LogP contribution in [0, 0.1) is 0 Å². The zero-order valence-electron chi connectivity index (χ0n) is 16.0. The van der Waals surface area contributed by atoms with E-state index in [1.165, 1.54) is 6.07 Å². The molecule has 2 aliphatic rings. The van der Waals surface area contributed by atoms with Gasteiger partial charge in [-0.25, -0.2) is 0 Å². The summed E-state index contributed by atoms with van der Waals surface area (Å²) >= 11 is 0. The van der Waals surface area contributed by atoms with E-state index in [0.29, 0.717) is 47.3 Å². The fraction of sp³-hybridized carbons (Fsp3) is 0.286. The standard InChI is InChI=1S/C21H19NO8/c23-15(13-2-4-16-18(8-13)27-7-1-6-26-16)11-28-20(24)10-22-21(25)14-3-5-17-19(9-14)30-12-29-17/h2-5,8-9H,1,6-7,10-12H2,(H,22,25). The number of rotatable bonds is 6. The summed E-state index contributed by atoms with van der Waals surface area (Å²) in [7, 11) is 0. The van der Waals surface area contributed by atoms with Crippen LogP contribution >= 0.6 is 0 Å². The number of carbonyl (C=O) groups is 3. The van der Waals surface area contributed by atoms with Crippen LogP contribution in [0.1, 0.15) is 27.1 Å². The molecule has 0 aromatic heterocycles. The summed E-state index contributed by atoms with van der Waals surface area (Å²) in [5.74, 6) is 0.491. The molecular formula is C21H19NO8. The fourth-order valence-electron chi connectivity index (χ4n) is 2.91.